The number of amides is 1. The number of allylic oxidation sites excluding steroid dienone is 3. The van der Waals surface area contributed by atoms with Gasteiger partial charge in [0.05, 0.1) is 25.4 Å². The zero-order valence-corrected chi connectivity index (χ0v) is 48.0. The first-order valence-corrected chi connectivity index (χ1v) is 32.1. The van der Waals surface area contributed by atoms with Crippen LogP contribution >= 0.6 is 0 Å². The quantitative estimate of drug-likeness (QED) is 0.0320. The third kappa shape index (κ3) is 57.5. The lowest BCUT2D eigenvalue weighted by atomic mass is 10.0. The molecule has 0 aromatic heterocycles. The predicted octanol–water partition coefficient (Wildman–Crippen LogP) is 20.2. The molecule has 1 amide bonds. The standard InChI is InChI=1S/C65H125NO5/c1-3-5-7-9-11-13-15-17-19-21-23-24-25-26-27-28-30-31-33-35-37-41-45-49-53-57-63(68)62(61-67)66-64(69)58-54-50-46-42-39-40-44-48-52-56-60-71-65(70)59-55-51-47-43-38-36-34-32-29-22-20-18-16-14-12-10-8-6-4-2/h40,44,53,57,62-63,67-68H,3-39,41-43,45-52,54-56,58-61H2,1-2H3,(H,66,69)/b44-40-,57-53+. The van der Waals surface area contributed by atoms with E-state index in [4.69, 9.17) is 4.74 Å². The van der Waals surface area contributed by atoms with Crippen molar-refractivity contribution in [3.05, 3.63) is 24.3 Å². The predicted molar refractivity (Wildman–Crippen MR) is 310 cm³/mol. The van der Waals surface area contributed by atoms with E-state index in [-0.39, 0.29) is 18.5 Å². The van der Waals surface area contributed by atoms with E-state index in [0.29, 0.717) is 19.4 Å². The van der Waals surface area contributed by atoms with Crippen LogP contribution in [-0.2, 0) is 14.3 Å². The SMILES string of the molecule is CCCCCCCCCCCCCCCCCCCCCCCCC/C=C/C(O)C(CO)NC(=O)CCCCCC/C=C\CCCCOC(=O)CCCCCCCCCCCCCCCCCCCCC. The Labute approximate surface area is 443 Å². The minimum atomic E-state index is -0.867. The zero-order valence-electron chi connectivity index (χ0n) is 48.0. The number of hydrogen-bond donors (Lipinski definition) is 3. The fourth-order valence-corrected chi connectivity index (χ4v) is 10.0. The second kappa shape index (κ2) is 60.9. The number of rotatable bonds is 60. The lowest BCUT2D eigenvalue weighted by Crippen LogP contribution is -2.45. The van der Waals surface area contributed by atoms with E-state index in [0.717, 1.165) is 77.0 Å². The van der Waals surface area contributed by atoms with Gasteiger partial charge in [-0.2, -0.15) is 0 Å². The smallest absolute Gasteiger partial charge is 0.305 e. The third-order valence-corrected chi connectivity index (χ3v) is 15.0. The molecule has 6 heteroatoms. The number of unbranched alkanes of at least 4 members (excludes halogenated alkanes) is 47. The van der Waals surface area contributed by atoms with Crippen molar-refractivity contribution in [1.29, 1.82) is 0 Å². The second-order valence-electron chi connectivity index (χ2n) is 22.1. The Morgan fingerprint density at radius 1 is 0.380 bits per heavy atom. The Bertz CT molecular complexity index is 1110. The highest BCUT2D eigenvalue weighted by Crippen LogP contribution is 2.18. The topological polar surface area (TPSA) is 95.9 Å². The zero-order chi connectivity index (χ0) is 51.4. The molecule has 0 saturated carbocycles. The Balaban J connectivity index is 3.50. The van der Waals surface area contributed by atoms with Gasteiger partial charge in [-0.05, 0) is 57.8 Å². The van der Waals surface area contributed by atoms with Gasteiger partial charge in [0.25, 0.3) is 0 Å². The first kappa shape index (κ1) is 69.3. The molecule has 6 nitrogen and oxygen atoms in total. The normalized spacial score (nSPS) is 12.7. The van der Waals surface area contributed by atoms with Crippen molar-refractivity contribution in [1.82, 2.24) is 5.32 Å². The van der Waals surface area contributed by atoms with E-state index in [1.165, 1.54) is 250 Å². The summed E-state index contributed by atoms with van der Waals surface area (Å²) in [5, 5.41) is 23.2. The van der Waals surface area contributed by atoms with Crippen LogP contribution in [0.4, 0.5) is 0 Å². The summed E-state index contributed by atoms with van der Waals surface area (Å²) < 4.78 is 5.46. The molecule has 0 aliphatic rings. The van der Waals surface area contributed by atoms with Crippen LogP contribution in [0.5, 0.6) is 0 Å². The molecule has 0 radical (unpaired) electrons. The number of carbonyl (C=O) groups excluding carboxylic acids is 2. The van der Waals surface area contributed by atoms with Gasteiger partial charge in [0, 0.05) is 12.8 Å². The summed E-state index contributed by atoms with van der Waals surface area (Å²) in [4.78, 5) is 24.6. The molecule has 0 rings (SSSR count). The summed E-state index contributed by atoms with van der Waals surface area (Å²) in [5.41, 5.74) is 0. The summed E-state index contributed by atoms with van der Waals surface area (Å²) in [6.07, 6.45) is 75.2. The molecule has 0 spiro atoms. The molecular formula is C65H125NO5. The van der Waals surface area contributed by atoms with E-state index >= 15 is 0 Å². The molecule has 0 aliphatic carbocycles. The van der Waals surface area contributed by atoms with Gasteiger partial charge in [0.1, 0.15) is 0 Å². The van der Waals surface area contributed by atoms with Gasteiger partial charge in [0.2, 0.25) is 5.91 Å². The van der Waals surface area contributed by atoms with Crippen molar-refractivity contribution in [2.24, 2.45) is 0 Å². The number of esters is 1. The molecule has 0 saturated heterocycles. The van der Waals surface area contributed by atoms with Crippen molar-refractivity contribution in [3.8, 4) is 0 Å². The third-order valence-electron chi connectivity index (χ3n) is 15.0. The summed E-state index contributed by atoms with van der Waals surface area (Å²) in [5.74, 6) is -0.132. The molecular weight excluding hydrogens is 875 g/mol. The van der Waals surface area contributed by atoms with Gasteiger partial charge < -0.3 is 20.3 Å². The van der Waals surface area contributed by atoms with Crippen LogP contribution in [0.25, 0.3) is 0 Å². The maximum absolute atomic E-state index is 12.5. The lowest BCUT2D eigenvalue weighted by molar-refractivity contribution is -0.143. The van der Waals surface area contributed by atoms with Crippen LogP contribution in [0.1, 0.15) is 354 Å². The molecule has 0 aliphatic heterocycles. The van der Waals surface area contributed by atoms with Crippen LogP contribution in [-0.4, -0.2) is 47.4 Å². The summed E-state index contributed by atoms with van der Waals surface area (Å²) in [7, 11) is 0. The molecule has 2 atom stereocenters. The summed E-state index contributed by atoms with van der Waals surface area (Å²) in [6.45, 7) is 4.85. The van der Waals surface area contributed by atoms with Crippen molar-refractivity contribution < 1.29 is 24.5 Å². The number of carbonyl (C=O) groups is 2. The number of nitrogens with one attached hydrogen (secondary N) is 1. The van der Waals surface area contributed by atoms with E-state index in [1.54, 1.807) is 6.08 Å². The second-order valence-corrected chi connectivity index (χ2v) is 22.1. The lowest BCUT2D eigenvalue weighted by Gasteiger charge is -2.20. The van der Waals surface area contributed by atoms with Crippen molar-refractivity contribution in [2.45, 2.75) is 366 Å². The van der Waals surface area contributed by atoms with E-state index in [1.807, 2.05) is 6.08 Å². The molecule has 2 unspecified atom stereocenters. The van der Waals surface area contributed by atoms with Gasteiger partial charge in [-0.15, -0.1) is 0 Å². The van der Waals surface area contributed by atoms with Gasteiger partial charge in [-0.25, -0.2) is 0 Å². The summed E-state index contributed by atoms with van der Waals surface area (Å²) in [6, 6.07) is -0.654. The molecule has 420 valence electrons. The number of aliphatic hydroxyl groups excluding tert-OH is 2. The molecule has 0 heterocycles. The van der Waals surface area contributed by atoms with Crippen molar-refractivity contribution in [3.63, 3.8) is 0 Å². The van der Waals surface area contributed by atoms with E-state index in [2.05, 4.69) is 31.3 Å². The van der Waals surface area contributed by atoms with Gasteiger partial charge in [-0.1, -0.05) is 308 Å². The highest BCUT2D eigenvalue weighted by atomic mass is 16.5. The Morgan fingerprint density at radius 3 is 1.00 bits per heavy atom. The van der Waals surface area contributed by atoms with Crippen LogP contribution in [0.2, 0.25) is 0 Å². The average molecular weight is 1000 g/mol. The maximum atomic E-state index is 12.5. The monoisotopic (exact) mass is 1000 g/mol. The summed E-state index contributed by atoms with van der Waals surface area (Å²) >= 11 is 0. The van der Waals surface area contributed by atoms with Crippen LogP contribution < -0.4 is 5.32 Å². The Morgan fingerprint density at radius 2 is 0.662 bits per heavy atom. The van der Waals surface area contributed by atoms with Gasteiger partial charge in [0.15, 0.2) is 0 Å². The largest absolute Gasteiger partial charge is 0.466 e. The van der Waals surface area contributed by atoms with Crippen LogP contribution in [0, 0.1) is 0 Å². The first-order chi connectivity index (χ1) is 35.0. The molecule has 0 fully saturated rings. The Hall–Kier alpha value is -1.66. The van der Waals surface area contributed by atoms with Crippen LogP contribution in [0.3, 0.4) is 0 Å². The van der Waals surface area contributed by atoms with Crippen molar-refractivity contribution in [2.75, 3.05) is 13.2 Å². The van der Waals surface area contributed by atoms with Crippen molar-refractivity contribution >= 4 is 11.9 Å². The molecule has 71 heavy (non-hydrogen) atoms. The number of aliphatic hydroxyl groups is 2. The number of hydrogen-bond acceptors (Lipinski definition) is 5. The highest BCUT2D eigenvalue weighted by molar-refractivity contribution is 5.76. The molecule has 3 N–H and O–H groups in total. The fraction of sp³-hybridized carbons (Fsp3) is 0.908. The highest BCUT2D eigenvalue weighted by Gasteiger charge is 2.18. The first-order valence-electron chi connectivity index (χ1n) is 32.1. The van der Waals surface area contributed by atoms with E-state index < -0.39 is 12.1 Å². The van der Waals surface area contributed by atoms with Gasteiger partial charge >= 0.3 is 5.97 Å². The Kier molecular flexibility index (Phi) is 59.5. The van der Waals surface area contributed by atoms with Crippen LogP contribution in [0.15, 0.2) is 24.3 Å². The van der Waals surface area contributed by atoms with E-state index in [9.17, 15) is 19.8 Å². The number of ether oxygens (including phenoxy) is 1. The molecule has 0 aromatic rings. The minimum absolute atomic E-state index is 0.0326. The fourth-order valence-electron chi connectivity index (χ4n) is 10.0. The minimum Gasteiger partial charge on any atom is -0.466 e. The molecule has 0 bridgehead atoms. The average Bonchev–Trinajstić information content (AvgIpc) is 3.37. The van der Waals surface area contributed by atoms with Gasteiger partial charge in [-0.3, -0.25) is 9.59 Å². The molecule has 0 aromatic carbocycles. The maximum Gasteiger partial charge on any atom is 0.305 e.